The second-order valence-electron chi connectivity index (χ2n) is 8.24. The van der Waals surface area contributed by atoms with Gasteiger partial charge in [-0.05, 0) is 81.8 Å². The molecule has 1 amide bonds. The highest BCUT2D eigenvalue weighted by Gasteiger charge is 2.24. The molecule has 2 unspecified atom stereocenters. The monoisotopic (exact) mass is 464 g/mol. The van der Waals surface area contributed by atoms with Crippen molar-refractivity contribution >= 4 is 38.9 Å². The molecule has 0 radical (unpaired) electrons. The van der Waals surface area contributed by atoms with Gasteiger partial charge in [0, 0.05) is 16.6 Å². The lowest BCUT2D eigenvalue weighted by Gasteiger charge is -2.16. The summed E-state index contributed by atoms with van der Waals surface area (Å²) in [5.41, 5.74) is 1.62. The van der Waals surface area contributed by atoms with Gasteiger partial charge < -0.3 is 10.1 Å². The number of hydrogen-bond acceptors (Lipinski definition) is 6. The van der Waals surface area contributed by atoms with E-state index in [9.17, 15) is 18.0 Å². The molecule has 0 fully saturated rings. The SMILES string of the molecule is CC1CCc2sc(C(=O)OC(C)C(=O)Nc3ccc(S(=O)(=O)NC(C)C)cc3)cc2C1. The summed E-state index contributed by atoms with van der Waals surface area (Å²) in [4.78, 5) is 26.8. The molecule has 1 aromatic heterocycles. The van der Waals surface area contributed by atoms with Gasteiger partial charge in [0.15, 0.2) is 6.10 Å². The normalized spacial score (nSPS) is 17.1. The molecule has 0 aliphatic heterocycles. The first kappa shape index (κ1) is 23.4. The van der Waals surface area contributed by atoms with Crippen molar-refractivity contribution in [3.05, 3.63) is 45.6 Å². The number of ether oxygens (including phenoxy) is 1. The van der Waals surface area contributed by atoms with Crippen LogP contribution in [0.3, 0.4) is 0 Å². The van der Waals surface area contributed by atoms with Gasteiger partial charge in [0.05, 0.1) is 4.90 Å². The van der Waals surface area contributed by atoms with Crippen LogP contribution in [0.5, 0.6) is 0 Å². The lowest BCUT2D eigenvalue weighted by Crippen LogP contribution is -2.30. The van der Waals surface area contributed by atoms with E-state index in [1.54, 1.807) is 13.8 Å². The summed E-state index contributed by atoms with van der Waals surface area (Å²) in [5, 5.41) is 2.64. The van der Waals surface area contributed by atoms with Crippen LogP contribution in [0, 0.1) is 5.92 Å². The number of fused-ring (bicyclic) bond motifs is 1. The highest BCUT2D eigenvalue weighted by molar-refractivity contribution is 7.89. The third-order valence-corrected chi connectivity index (χ3v) is 7.90. The van der Waals surface area contributed by atoms with Crippen molar-refractivity contribution in [2.75, 3.05) is 5.32 Å². The van der Waals surface area contributed by atoms with Crippen LogP contribution in [-0.4, -0.2) is 32.4 Å². The summed E-state index contributed by atoms with van der Waals surface area (Å²) in [6, 6.07) is 7.47. The Morgan fingerprint density at radius 2 is 1.84 bits per heavy atom. The van der Waals surface area contributed by atoms with E-state index in [1.807, 2.05) is 6.07 Å². The number of carbonyl (C=O) groups is 2. The maximum Gasteiger partial charge on any atom is 0.349 e. The minimum atomic E-state index is -3.60. The van der Waals surface area contributed by atoms with E-state index < -0.39 is 28.0 Å². The highest BCUT2D eigenvalue weighted by atomic mass is 32.2. The summed E-state index contributed by atoms with van der Waals surface area (Å²) in [6.45, 7) is 7.18. The van der Waals surface area contributed by atoms with Crippen molar-refractivity contribution in [1.29, 1.82) is 0 Å². The third kappa shape index (κ3) is 5.93. The molecule has 2 aromatic rings. The molecule has 2 N–H and O–H groups in total. The predicted octanol–water partition coefficient (Wildman–Crippen LogP) is 3.74. The standard InChI is InChI=1S/C22H28N2O5S2/c1-13(2)24-31(27,28)18-8-6-17(7-9-18)23-21(25)15(4)29-22(26)20-12-16-11-14(3)5-10-19(16)30-20/h6-9,12-15,24H,5,10-11H2,1-4H3,(H,23,25). The van der Waals surface area contributed by atoms with Gasteiger partial charge in [-0.25, -0.2) is 17.9 Å². The molecule has 7 nitrogen and oxygen atoms in total. The number of benzene rings is 1. The van der Waals surface area contributed by atoms with Crippen molar-refractivity contribution < 1.29 is 22.7 Å². The van der Waals surface area contributed by atoms with E-state index in [0.717, 1.165) is 19.3 Å². The summed E-state index contributed by atoms with van der Waals surface area (Å²) in [6.07, 6.45) is 2.07. The zero-order valence-electron chi connectivity index (χ0n) is 18.1. The van der Waals surface area contributed by atoms with Crippen LogP contribution in [0.2, 0.25) is 0 Å². The van der Waals surface area contributed by atoms with Gasteiger partial charge in [-0.15, -0.1) is 11.3 Å². The smallest absolute Gasteiger partial charge is 0.349 e. The van der Waals surface area contributed by atoms with Crippen molar-refractivity contribution in [2.24, 2.45) is 5.92 Å². The maximum absolute atomic E-state index is 12.5. The van der Waals surface area contributed by atoms with Gasteiger partial charge in [0.2, 0.25) is 10.0 Å². The van der Waals surface area contributed by atoms with Gasteiger partial charge >= 0.3 is 5.97 Å². The van der Waals surface area contributed by atoms with E-state index in [1.165, 1.54) is 53.0 Å². The van der Waals surface area contributed by atoms with Crippen LogP contribution in [0.15, 0.2) is 35.2 Å². The van der Waals surface area contributed by atoms with E-state index in [2.05, 4.69) is 17.0 Å². The van der Waals surface area contributed by atoms with Crippen LogP contribution in [0.1, 0.15) is 54.2 Å². The fraction of sp³-hybridized carbons (Fsp3) is 0.455. The number of esters is 1. The third-order valence-electron chi connectivity index (χ3n) is 5.01. The van der Waals surface area contributed by atoms with Gasteiger partial charge in [0.1, 0.15) is 4.88 Å². The number of nitrogens with one attached hydrogen (secondary N) is 2. The highest BCUT2D eigenvalue weighted by Crippen LogP contribution is 2.32. The molecule has 9 heteroatoms. The van der Waals surface area contributed by atoms with Gasteiger partial charge in [-0.1, -0.05) is 6.92 Å². The Bertz CT molecular complexity index is 1060. The number of carbonyl (C=O) groups excluding carboxylic acids is 2. The maximum atomic E-state index is 12.5. The molecule has 168 valence electrons. The number of amides is 1. The van der Waals surface area contributed by atoms with Gasteiger partial charge in [-0.3, -0.25) is 4.79 Å². The quantitative estimate of drug-likeness (QED) is 0.608. The summed E-state index contributed by atoms with van der Waals surface area (Å²) in [5.74, 6) is -0.381. The first-order valence-corrected chi connectivity index (χ1v) is 12.6. The Labute approximate surface area is 187 Å². The summed E-state index contributed by atoms with van der Waals surface area (Å²) < 4.78 is 32.2. The van der Waals surface area contributed by atoms with Crippen molar-refractivity contribution in [2.45, 2.75) is 64.0 Å². The van der Waals surface area contributed by atoms with E-state index in [0.29, 0.717) is 16.5 Å². The van der Waals surface area contributed by atoms with Crippen LogP contribution in [0.25, 0.3) is 0 Å². The Balaban J connectivity index is 1.59. The van der Waals surface area contributed by atoms with Gasteiger partial charge in [-0.2, -0.15) is 0 Å². The van der Waals surface area contributed by atoms with Crippen LogP contribution >= 0.6 is 11.3 Å². The molecular weight excluding hydrogens is 436 g/mol. The molecule has 1 heterocycles. The molecule has 0 saturated heterocycles. The minimum Gasteiger partial charge on any atom is -0.448 e. The molecular formula is C22H28N2O5S2. The molecule has 0 bridgehead atoms. The average molecular weight is 465 g/mol. The fourth-order valence-corrected chi connectivity index (χ4v) is 5.76. The number of aryl methyl sites for hydroxylation is 1. The lowest BCUT2D eigenvalue weighted by atomic mass is 9.90. The second-order valence-corrected chi connectivity index (χ2v) is 11.1. The fourth-order valence-electron chi connectivity index (χ4n) is 3.42. The minimum absolute atomic E-state index is 0.106. The van der Waals surface area contributed by atoms with Crippen molar-refractivity contribution in [1.82, 2.24) is 4.72 Å². The Hall–Kier alpha value is -2.23. The zero-order chi connectivity index (χ0) is 22.8. The van der Waals surface area contributed by atoms with E-state index >= 15 is 0 Å². The van der Waals surface area contributed by atoms with Crippen LogP contribution in [0.4, 0.5) is 5.69 Å². The first-order valence-electron chi connectivity index (χ1n) is 10.3. The number of anilines is 1. The largest absolute Gasteiger partial charge is 0.448 e. The van der Waals surface area contributed by atoms with Crippen molar-refractivity contribution in [3.8, 4) is 0 Å². The predicted molar refractivity (Wildman–Crippen MR) is 121 cm³/mol. The van der Waals surface area contributed by atoms with E-state index in [4.69, 9.17) is 4.74 Å². The average Bonchev–Trinajstić information content (AvgIpc) is 3.10. The number of thiophene rings is 1. The molecule has 2 atom stereocenters. The van der Waals surface area contributed by atoms with Crippen LogP contribution < -0.4 is 10.0 Å². The van der Waals surface area contributed by atoms with E-state index in [-0.39, 0.29) is 10.9 Å². The topological polar surface area (TPSA) is 102 Å². The molecule has 3 rings (SSSR count). The molecule has 1 aliphatic carbocycles. The Morgan fingerprint density at radius 3 is 2.48 bits per heavy atom. The van der Waals surface area contributed by atoms with Crippen molar-refractivity contribution in [3.63, 3.8) is 0 Å². The molecule has 1 aromatic carbocycles. The molecule has 0 spiro atoms. The van der Waals surface area contributed by atoms with Gasteiger partial charge in [0.25, 0.3) is 5.91 Å². The van der Waals surface area contributed by atoms with Crippen LogP contribution in [-0.2, 0) is 32.4 Å². The number of hydrogen-bond donors (Lipinski definition) is 2. The Morgan fingerprint density at radius 1 is 1.16 bits per heavy atom. The summed E-state index contributed by atoms with van der Waals surface area (Å²) >= 11 is 1.44. The Kier molecular flexibility index (Phi) is 7.18. The molecule has 1 aliphatic rings. The molecule has 0 saturated carbocycles. The zero-order valence-corrected chi connectivity index (χ0v) is 19.7. The second kappa shape index (κ2) is 9.50. The number of sulfonamides is 1. The first-order chi connectivity index (χ1) is 14.5. The lowest BCUT2D eigenvalue weighted by molar-refractivity contribution is -0.123. The summed E-state index contributed by atoms with van der Waals surface area (Å²) in [7, 11) is -3.60. The number of rotatable bonds is 7. The molecule has 31 heavy (non-hydrogen) atoms.